The molecule has 0 unspecified atom stereocenters. The van der Waals surface area contributed by atoms with Gasteiger partial charge in [0.25, 0.3) is 0 Å². The average molecular weight is 685 g/mol. The van der Waals surface area contributed by atoms with E-state index in [2.05, 4.69) is 157 Å². The van der Waals surface area contributed by atoms with E-state index >= 15 is 0 Å². The number of fused-ring (bicyclic) bond motifs is 2. The van der Waals surface area contributed by atoms with Gasteiger partial charge in [0, 0.05) is 27.8 Å². The fraction of sp³-hybridized carbons (Fsp3) is 0.204. The second-order valence-corrected chi connectivity index (χ2v) is 15.7. The quantitative estimate of drug-likeness (QED) is 0.181. The molecule has 1 spiro atoms. The van der Waals surface area contributed by atoms with Gasteiger partial charge in [-0.2, -0.15) is 0 Å². The van der Waals surface area contributed by atoms with E-state index in [1.165, 1.54) is 71.4 Å². The number of benzene rings is 6. The van der Waals surface area contributed by atoms with Crippen LogP contribution in [-0.2, 0) is 5.41 Å². The van der Waals surface area contributed by atoms with E-state index in [-0.39, 0.29) is 5.41 Å². The summed E-state index contributed by atoms with van der Waals surface area (Å²) >= 11 is 0. The van der Waals surface area contributed by atoms with E-state index in [1.54, 1.807) is 0 Å². The molecule has 1 aliphatic heterocycles. The molecule has 256 valence electrons. The summed E-state index contributed by atoms with van der Waals surface area (Å²) in [6.07, 6.45) is 6.72. The van der Waals surface area contributed by atoms with Crippen LogP contribution in [0.25, 0.3) is 45.3 Å². The molecule has 0 saturated heterocycles. The van der Waals surface area contributed by atoms with E-state index in [0.717, 1.165) is 28.5 Å². The standard InChI is InChI=1S/C49H40N4/c1-4-12-34(13-5-1)35-20-22-37(23-21-35)47-50-46(36-14-6-2-7-15-36)51-48(52-47)38-24-25-45-43(31-38)49(39-27-32-26-33(29-39)30-40(49)28-32)42-18-10-11-19-44(42)53(45)41-16-8-3-9-17-41/h1-25,31-33,39-40H,26-30H2. The number of aromatic nitrogens is 3. The van der Waals surface area contributed by atoms with Crippen LogP contribution in [0, 0.1) is 23.7 Å². The third-order valence-corrected chi connectivity index (χ3v) is 12.9. The topological polar surface area (TPSA) is 41.9 Å². The molecule has 0 N–H and O–H groups in total. The Morgan fingerprint density at radius 2 is 0.849 bits per heavy atom. The highest BCUT2D eigenvalue weighted by atomic mass is 15.2. The van der Waals surface area contributed by atoms with Crippen molar-refractivity contribution in [1.29, 1.82) is 0 Å². The zero-order valence-electron chi connectivity index (χ0n) is 29.6. The Hall–Kier alpha value is -5.87. The molecule has 2 heterocycles. The Bertz CT molecular complexity index is 2430. The van der Waals surface area contributed by atoms with Crippen LogP contribution in [0.4, 0.5) is 17.1 Å². The summed E-state index contributed by atoms with van der Waals surface area (Å²) in [5, 5.41) is 0. The first-order valence-electron chi connectivity index (χ1n) is 19.3. The van der Waals surface area contributed by atoms with Gasteiger partial charge in [0.2, 0.25) is 0 Å². The summed E-state index contributed by atoms with van der Waals surface area (Å²) in [5.41, 5.74) is 12.1. The number of para-hydroxylation sites is 2. The molecule has 0 radical (unpaired) electrons. The Balaban J connectivity index is 1.11. The molecular weight excluding hydrogens is 645 g/mol. The fourth-order valence-electron chi connectivity index (χ4n) is 11.0. The molecule has 4 saturated carbocycles. The minimum absolute atomic E-state index is 0.0357. The summed E-state index contributed by atoms with van der Waals surface area (Å²) < 4.78 is 0. The molecule has 12 rings (SSSR count). The Labute approximate surface area is 311 Å². The molecule has 6 aromatic carbocycles. The number of hydrogen-bond acceptors (Lipinski definition) is 4. The minimum Gasteiger partial charge on any atom is -0.310 e. The molecule has 1 aromatic heterocycles. The lowest BCUT2D eigenvalue weighted by molar-refractivity contribution is -0.0419. The lowest BCUT2D eigenvalue weighted by Gasteiger charge is -2.64. The third kappa shape index (κ3) is 4.85. The maximum absolute atomic E-state index is 5.26. The molecular formula is C49H40N4. The smallest absolute Gasteiger partial charge is 0.164 e. The predicted molar refractivity (Wildman–Crippen MR) is 214 cm³/mol. The highest BCUT2D eigenvalue weighted by molar-refractivity contribution is 5.88. The van der Waals surface area contributed by atoms with Crippen LogP contribution in [0.5, 0.6) is 0 Å². The molecule has 53 heavy (non-hydrogen) atoms. The largest absolute Gasteiger partial charge is 0.310 e. The molecule has 0 amide bonds. The van der Waals surface area contributed by atoms with Gasteiger partial charge in [-0.05, 0) is 114 Å². The van der Waals surface area contributed by atoms with Crippen molar-refractivity contribution in [3.05, 3.63) is 169 Å². The Morgan fingerprint density at radius 3 is 1.49 bits per heavy atom. The van der Waals surface area contributed by atoms with Crippen LogP contribution in [0.3, 0.4) is 0 Å². The van der Waals surface area contributed by atoms with Gasteiger partial charge in [-0.3, -0.25) is 0 Å². The van der Waals surface area contributed by atoms with E-state index < -0.39 is 0 Å². The van der Waals surface area contributed by atoms with E-state index in [0.29, 0.717) is 29.3 Å². The highest BCUT2D eigenvalue weighted by Crippen LogP contribution is 2.69. The van der Waals surface area contributed by atoms with Gasteiger partial charge < -0.3 is 4.90 Å². The van der Waals surface area contributed by atoms with Crippen molar-refractivity contribution in [2.75, 3.05) is 4.90 Å². The third-order valence-electron chi connectivity index (χ3n) is 12.9. The summed E-state index contributed by atoms with van der Waals surface area (Å²) in [6.45, 7) is 0. The number of anilines is 3. The second kappa shape index (κ2) is 12.1. The lowest BCUT2D eigenvalue weighted by atomic mass is 9.41. The zero-order chi connectivity index (χ0) is 34.9. The average Bonchev–Trinajstić information content (AvgIpc) is 3.23. The van der Waals surface area contributed by atoms with Crippen molar-refractivity contribution < 1.29 is 0 Å². The molecule has 4 heteroatoms. The van der Waals surface area contributed by atoms with Crippen molar-refractivity contribution in [3.63, 3.8) is 0 Å². The first-order chi connectivity index (χ1) is 26.2. The minimum atomic E-state index is -0.0357. The summed E-state index contributed by atoms with van der Waals surface area (Å²) in [7, 11) is 0. The van der Waals surface area contributed by atoms with Crippen molar-refractivity contribution in [3.8, 4) is 45.3 Å². The van der Waals surface area contributed by atoms with Gasteiger partial charge in [0.05, 0.1) is 11.4 Å². The molecule has 4 fully saturated rings. The molecule has 4 bridgehead atoms. The van der Waals surface area contributed by atoms with Gasteiger partial charge in [0.1, 0.15) is 0 Å². The van der Waals surface area contributed by atoms with Crippen molar-refractivity contribution in [1.82, 2.24) is 15.0 Å². The Kier molecular flexibility index (Phi) is 7.01. The van der Waals surface area contributed by atoms with Crippen LogP contribution in [0.15, 0.2) is 158 Å². The zero-order valence-corrected chi connectivity index (χ0v) is 29.6. The lowest BCUT2D eigenvalue weighted by Crippen LogP contribution is -2.57. The molecule has 5 aliphatic rings. The van der Waals surface area contributed by atoms with Crippen LogP contribution in [-0.4, -0.2) is 15.0 Å². The van der Waals surface area contributed by atoms with Crippen molar-refractivity contribution >= 4 is 17.1 Å². The first kappa shape index (κ1) is 30.7. The normalized spacial score (nSPS) is 23.5. The van der Waals surface area contributed by atoms with Gasteiger partial charge >= 0.3 is 0 Å². The molecule has 4 aliphatic carbocycles. The number of nitrogens with zero attached hydrogens (tertiary/aromatic N) is 4. The van der Waals surface area contributed by atoms with Crippen LogP contribution in [0.1, 0.15) is 43.2 Å². The van der Waals surface area contributed by atoms with Gasteiger partial charge in [-0.1, -0.05) is 121 Å². The van der Waals surface area contributed by atoms with Gasteiger partial charge in [-0.15, -0.1) is 0 Å². The van der Waals surface area contributed by atoms with E-state index in [1.807, 2.05) is 6.07 Å². The Morgan fingerprint density at radius 1 is 0.396 bits per heavy atom. The number of rotatable bonds is 5. The maximum Gasteiger partial charge on any atom is 0.164 e. The summed E-state index contributed by atoms with van der Waals surface area (Å²) in [4.78, 5) is 18.1. The van der Waals surface area contributed by atoms with Crippen LogP contribution < -0.4 is 4.90 Å². The highest BCUT2D eigenvalue weighted by Gasteiger charge is 2.61. The van der Waals surface area contributed by atoms with Crippen LogP contribution in [0.2, 0.25) is 0 Å². The predicted octanol–water partition coefficient (Wildman–Crippen LogP) is 12.1. The number of hydrogen-bond donors (Lipinski definition) is 0. The van der Waals surface area contributed by atoms with Crippen molar-refractivity contribution in [2.24, 2.45) is 23.7 Å². The van der Waals surface area contributed by atoms with E-state index in [4.69, 9.17) is 15.0 Å². The van der Waals surface area contributed by atoms with E-state index in [9.17, 15) is 0 Å². The van der Waals surface area contributed by atoms with Crippen LogP contribution >= 0.6 is 0 Å². The van der Waals surface area contributed by atoms with Crippen molar-refractivity contribution in [2.45, 2.75) is 37.5 Å². The monoisotopic (exact) mass is 684 g/mol. The molecule has 0 atom stereocenters. The summed E-state index contributed by atoms with van der Waals surface area (Å²) in [5.74, 6) is 5.08. The first-order valence-corrected chi connectivity index (χ1v) is 19.3. The van der Waals surface area contributed by atoms with Gasteiger partial charge in [-0.25, -0.2) is 15.0 Å². The second-order valence-electron chi connectivity index (χ2n) is 15.7. The maximum atomic E-state index is 5.26. The fourth-order valence-corrected chi connectivity index (χ4v) is 11.0. The molecule has 7 aromatic rings. The van der Waals surface area contributed by atoms with Gasteiger partial charge in [0.15, 0.2) is 17.5 Å². The summed E-state index contributed by atoms with van der Waals surface area (Å²) in [6, 6.07) is 56.8. The molecule has 4 nitrogen and oxygen atoms in total. The SMILES string of the molecule is c1ccc(-c2ccc(-c3nc(-c4ccccc4)nc(-c4ccc5c(c4)C4(c6ccccc6N5c5ccccc5)C5CC6CC(C5)CC4C6)n3)cc2)cc1.